The van der Waals surface area contributed by atoms with E-state index in [1.54, 1.807) is 26.1 Å². The van der Waals surface area contributed by atoms with Crippen molar-refractivity contribution in [1.29, 1.82) is 0 Å². The van der Waals surface area contributed by atoms with E-state index in [0.717, 1.165) is 68.3 Å². The molecule has 0 bridgehead atoms. The van der Waals surface area contributed by atoms with Crippen molar-refractivity contribution >= 4 is 39.9 Å². The summed E-state index contributed by atoms with van der Waals surface area (Å²) in [5.41, 5.74) is 0.489. The molecular weight excluding hydrogens is 558 g/mol. The summed E-state index contributed by atoms with van der Waals surface area (Å²) >= 11 is 12.4. The van der Waals surface area contributed by atoms with Crippen LogP contribution in [0.25, 0.3) is 0 Å². The fourth-order valence-corrected chi connectivity index (χ4v) is 6.53. The maximum Gasteiger partial charge on any atom is 0.416 e. The monoisotopic (exact) mass is 589 g/mol. The van der Waals surface area contributed by atoms with Crippen molar-refractivity contribution in [2.45, 2.75) is 31.5 Å². The molecular formula is C27H32Cl2F3N3O2S. The highest BCUT2D eigenvalue weighted by molar-refractivity contribution is 7.85. The number of nitrogens with zero attached hydrogens (tertiary/aromatic N) is 3. The summed E-state index contributed by atoms with van der Waals surface area (Å²) in [6, 6.07) is 9.33. The average molecular weight is 591 g/mol. The van der Waals surface area contributed by atoms with Gasteiger partial charge in [-0.2, -0.15) is 13.2 Å². The molecule has 38 heavy (non-hydrogen) atoms. The molecule has 2 fully saturated rings. The second-order valence-corrected chi connectivity index (χ2v) is 12.7. The van der Waals surface area contributed by atoms with Gasteiger partial charge >= 0.3 is 6.18 Å². The van der Waals surface area contributed by atoms with Crippen LogP contribution >= 0.6 is 23.2 Å². The van der Waals surface area contributed by atoms with Crippen molar-refractivity contribution in [3.05, 3.63) is 68.7 Å². The first-order chi connectivity index (χ1) is 17.9. The Kier molecular flexibility index (Phi) is 9.46. The van der Waals surface area contributed by atoms with Crippen molar-refractivity contribution in [3.63, 3.8) is 0 Å². The summed E-state index contributed by atoms with van der Waals surface area (Å²) in [5.74, 6) is 0.932. The number of alkyl halides is 3. The number of benzene rings is 2. The second-order valence-electron chi connectivity index (χ2n) is 10.2. The lowest BCUT2D eigenvalue weighted by Gasteiger charge is -2.47. The SMILES string of the molecule is Cc1cc(C(=O)N(C)C[C@@H](CCN2CC(N3CCS(=O)CC3)C2)c2ccc(Cl)c(Cl)c2)cc(C(F)(F)F)c1. The van der Waals surface area contributed by atoms with Gasteiger partial charge < -0.3 is 9.80 Å². The van der Waals surface area contributed by atoms with Crippen molar-refractivity contribution in [2.75, 3.05) is 57.8 Å². The largest absolute Gasteiger partial charge is 0.416 e. The van der Waals surface area contributed by atoms with Crippen LogP contribution in [0, 0.1) is 6.92 Å². The Hall–Kier alpha value is -1.65. The first-order valence-electron chi connectivity index (χ1n) is 12.6. The van der Waals surface area contributed by atoms with Crippen molar-refractivity contribution in [3.8, 4) is 0 Å². The van der Waals surface area contributed by atoms with Crippen LogP contribution in [-0.4, -0.2) is 88.7 Å². The number of carbonyl (C=O) groups excluding carboxylic acids is 1. The van der Waals surface area contributed by atoms with Crippen LogP contribution in [-0.2, 0) is 17.0 Å². The number of likely N-dealkylation sites (N-methyl/N-ethyl adjacent to an activating group) is 1. The molecule has 0 aliphatic carbocycles. The molecule has 0 radical (unpaired) electrons. The molecule has 0 spiro atoms. The lowest BCUT2D eigenvalue weighted by molar-refractivity contribution is -0.137. The molecule has 1 atom stereocenters. The molecule has 2 aromatic carbocycles. The molecule has 2 saturated heterocycles. The molecule has 5 nitrogen and oxygen atoms in total. The van der Waals surface area contributed by atoms with Gasteiger partial charge in [0.25, 0.3) is 5.91 Å². The molecule has 0 aromatic heterocycles. The van der Waals surface area contributed by atoms with E-state index in [2.05, 4.69) is 9.80 Å². The minimum atomic E-state index is -4.53. The van der Waals surface area contributed by atoms with E-state index in [0.29, 0.717) is 28.2 Å². The highest BCUT2D eigenvalue weighted by Gasteiger charge is 2.34. The zero-order chi connectivity index (χ0) is 27.6. The quantitative estimate of drug-likeness (QED) is 0.418. The van der Waals surface area contributed by atoms with Crippen molar-refractivity contribution in [2.24, 2.45) is 0 Å². The zero-order valence-electron chi connectivity index (χ0n) is 21.4. The molecule has 11 heteroatoms. The van der Waals surface area contributed by atoms with E-state index in [1.807, 2.05) is 6.07 Å². The van der Waals surface area contributed by atoms with Gasteiger partial charge in [-0.05, 0) is 61.3 Å². The summed E-state index contributed by atoms with van der Waals surface area (Å²) in [5, 5.41) is 0.856. The van der Waals surface area contributed by atoms with Gasteiger partial charge in [-0.3, -0.25) is 13.9 Å². The van der Waals surface area contributed by atoms with Gasteiger partial charge in [0.05, 0.1) is 15.6 Å². The van der Waals surface area contributed by atoms with Gasteiger partial charge in [-0.1, -0.05) is 29.3 Å². The van der Waals surface area contributed by atoms with Crippen molar-refractivity contribution in [1.82, 2.24) is 14.7 Å². The molecule has 0 saturated carbocycles. The predicted molar refractivity (Wildman–Crippen MR) is 147 cm³/mol. The second kappa shape index (κ2) is 12.3. The Balaban J connectivity index is 1.43. The van der Waals surface area contributed by atoms with Crippen LogP contribution < -0.4 is 0 Å². The summed E-state index contributed by atoms with van der Waals surface area (Å²) < 4.78 is 51.6. The van der Waals surface area contributed by atoms with Gasteiger partial charge in [0.2, 0.25) is 0 Å². The topological polar surface area (TPSA) is 43.9 Å². The smallest absolute Gasteiger partial charge is 0.341 e. The summed E-state index contributed by atoms with van der Waals surface area (Å²) in [6.45, 7) is 6.32. The molecule has 0 unspecified atom stereocenters. The number of carbonyl (C=O) groups is 1. The Labute approximate surface area is 234 Å². The Bertz CT molecular complexity index is 1180. The first-order valence-corrected chi connectivity index (χ1v) is 14.9. The number of amides is 1. The molecule has 2 aromatic rings. The summed E-state index contributed by atoms with van der Waals surface area (Å²) in [7, 11) is 0.921. The van der Waals surface area contributed by atoms with E-state index in [9.17, 15) is 22.2 Å². The molecule has 4 rings (SSSR count). The Morgan fingerprint density at radius 2 is 1.79 bits per heavy atom. The van der Waals surface area contributed by atoms with Crippen molar-refractivity contribution < 1.29 is 22.2 Å². The minimum Gasteiger partial charge on any atom is -0.341 e. The van der Waals surface area contributed by atoms with Crippen LogP contribution in [0.3, 0.4) is 0 Å². The van der Waals surface area contributed by atoms with Crippen LogP contribution in [0.4, 0.5) is 13.2 Å². The standard InChI is InChI=1S/C27H32Cl2F3N3O2S/c1-18-11-21(13-22(12-18)27(30,31)32)26(36)33(2)15-20(19-3-4-24(28)25(29)14-19)5-6-34-16-23(17-34)35-7-9-38(37)10-8-35/h3-4,11-14,20,23H,5-10,15-17H2,1-2H3/t20-/m1/s1. The zero-order valence-corrected chi connectivity index (χ0v) is 23.8. The Morgan fingerprint density at radius 1 is 1.11 bits per heavy atom. The maximum atomic E-state index is 13.3. The highest BCUT2D eigenvalue weighted by atomic mass is 35.5. The molecule has 2 aliphatic rings. The number of hydrogen-bond acceptors (Lipinski definition) is 4. The van der Waals surface area contributed by atoms with E-state index < -0.39 is 28.4 Å². The number of rotatable bonds is 8. The van der Waals surface area contributed by atoms with Gasteiger partial charge in [0.15, 0.2) is 0 Å². The predicted octanol–water partition coefficient (Wildman–Crippen LogP) is 5.32. The normalized spacial score (nSPS) is 18.8. The Morgan fingerprint density at radius 3 is 2.42 bits per heavy atom. The van der Waals surface area contributed by atoms with E-state index >= 15 is 0 Å². The van der Waals surface area contributed by atoms with E-state index in [-0.39, 0.29) is 11.5 Å². The van der Waals surface area contributed by atoms with Crippen LogP contribution in [0.2, 0.25) is 10.0 Å². The van der Waals surface area contributed by atoms with Gasteiger partial charge in [0, 0.05) is 79.6 Å². The molecule has 208 valence electrons. The van der Waals surface area contributed by atoms with Gasteiger partial charge in [0.1, 0.15) is 0 Å². The van der Waals surface area contributed by atoms with E-state index in [1.165, 1.54) is 11.0 Å². The summed E-state index contributed by atoms with van der Waals surface area (Å²) in [6.07, 6.45) is -3.78. The summed E-state index contributed by atoms with van der Waals surface area (Å²) in [4.78, 5) is 19.4. The lowest BCUT2D eigenvalue weighted by Crippen LogP contribution is -2.61. The highest BCUT2D eigenvalue weighted by Crippen LogP contribution is 2.32. The van der Waals surface area contributed by atoms with E-state index in [4.69, 9.17) is 23.2 Å². The number of aryl methyl sites for hydroxylation is 1. The molecule has 2 heterocycles. The molecule has 1 amide bonds. The fourth-order valence-electron chi connectivity index (χ4n) is 5.15. The third-order valence-electron chi connectivity index (χ3n) is 7.37. The average Bonchev–Trinajstić information content (AvgIpc) is 2.83. The first kappa shape index (κ1) is 29.3. The lowest BCUT2D eigenvalue weighted by atomic mass is 9.93. The number of likely N-dealkylation sites (tertiary alicyclic amines) is 1. The molecule has 0 N–H and O–H groups in total. The number of halogens is 5. The van der Waals surface area contributed by atoms with Gasteiger partial charge in [-0.15, -0.1) is 0 Å². The third-order valence-corrected chi connectivity index (χ3v) is 9.38. The maximum absolute atomic E-state index is 13.3. The fraction of sp³-hybridized carbons (Fsp3) is 0.519. The number of hydrogen-bond donors (Lipinski definition) is 0. The molecule has 2 aliphatic heterocycles. The third kappa shape index (κ3) is 7.30. The van der Waals surface area contributed by atoms with Crippen LogP contribution in [0.15, 0.2) is 36.4 Å². The van der Waals surface area contributed by atoms with Crippen LogP contribution in [0.1, 0.15) is 39.4 Å². The van der Waals surface area contributed by atoms with Crippen LogP contribution in [0.5, 0.6) is 0 Å². The minimum absolute atomic E-state index is 0.0146. The van der Waals surface area contributed by atoms with Gasteiger partial charge in [-0.25, -0.2) is 0 Å².